The van der Waals surface area contributed by atoms with E-state index in [1.54, 1.807) is 19.1 Å². The molecule has 6 atom stereocenters. The quantitative estimate of drug-likeness (QED) is 0.351. The van der Waals surface area contributed by atoms with Crippen LogP contribution in [0.2, 0.25) is 0 Å². The number of Topliss-reactive ketones (excluding diaryl/α,β-unsaturated/α-hetero) is 1. The van der Waals surface area contributed by atoms with Crippen LogP contribution in [0.15, 0.2) is 23.8 Å². The van der Waals surface area contributed by atoms with Crippen LogP contribution in [0.25, 0.3) is 0 Å². The van der Waals surface area contributed by atoms with Crippen molar-refractivity contribution >= 4 is 23.5 Å². The molecule has 0 N–H and O–H groups in total. The van der Waals surface area contributed by atoms with Gasteiger partial charge in [-0.15, -0.1) is 0 Å². The summed E-state index contributed by atoms with van der Waals surface area (Å²) in [5.41, 5.74) is 0.580. The fraction of sp³-hybridized carbons (Fsp3) is 0.724. The number of rotatable bonds is 7. The standard InChI is InChI=1S/C29H40O6/c1-6-8-24(32)34-29(35-25(33)9-7-2)17-23-21-11-10-19-16-20(31)12-14-27(19,4)22(21)13-15-28(23,5)26(29)18(3)30/h12,14,16,21-23,26H,6-11,13,15,17H2,1-5H3/t21-,22+,23+,26-,27+,28+/m1/s1. The number of carbonyl (C=O) groups excluding carboxylic acids is 4. The van der Waals surface area contributed by atoms with Gasteiger partial charge in [0.05, 0.1) is 0 Å². The molecule has 3 saturated carbocycles. The highest BCUT2D eigenvalue weighted by Crippen LogP contribution is 2.68. The fourth-order valence-electron chi connectivity index (χ4n) is 8.11. The van der Waals surface area contributed by atoms with Crippen molar-refractivity contribution in [2.45, 2.75) is 98.2 Å². The molecule has 3 fully saturated rings. The molecule has 4 aliphatic rings. The monoisotopic (exact) mass is 484 g/mol. The van der Waals surface area contributed by atoms with Gasteiger partial charge in [-0.05, 0) is 80.8 Å². The second kappa shape index (κ2) is 9.33. The Morgan fingerprint density at radius 2 is 1.63 bits per heavy atom. The summed E-state index contributed by atoms with van der Waals surface area (Å²) in [6, 6.07) is 0. The zero-order chi connectivity index (χ0) is 25.6. The molecule has 0 saturated heterocycles. The van der Waals surface area contributed by atoms with Gasteiger partial charge in [0.25, 0.3) is 5.79 Å². The van der Waals surface area contributed by atoms with E-state index < -0.39 is 29.1 Å². The Morgan fingerprint density at radius 1 is 1.00 bits per heavy atom. The molecule has 0 heterocycles. The second-order valence-electron chi connectivity index (χ2n) is 11.7. The number of carbonyl (C=O) groups is 4. The van der Waals surface area contributed by atoms with E-state index in [4.69, 9.17) is 9.47 Å². The Bertz CT molecular complexity index is 956. The molecule has 0 aromatic rings. The molecule has 6 nitrogen and oxygen atoms in total. The van der Waals surface area contributed by atoms with Gasteiger partial charge in [0.15, 0.2) is 5.78 Å². The molecule has 192 valence electrons. The van der Waals surface area contributed by atoms with Crippen molar-refractivity contribution in [2.75, 3.05) is 0 Å². The van der Waals surface area contributed by atoms with E-state index in [9.17, 15) is 19.2 Å². The molecule has 0 spiro atoms. The summed E-state index contributed by atoms with van der Waals surface area (Å²) >= 11 is 0. The first-order valence-electron chi connectivity index (χ1n) is 13.4. The van der Waals surface area contributed by atoms with Crippen LogP contribution in [0.1, 0.15) is 92.4 Å². The molecule has 6 heteroatoms. The highest BCUT2D eigenvalue weighted by Gasteiger charge is 2.70. The minimum atomic E-state index is -1.55. The highest BCUT2D eigenvalue weighted by molar-refractivity contribution is 6.01. The number of esters is 2. The molecular formula is C29H40O6. The SMILES string of the molecule is CCCC(=O)OC1(OC(=O)CCC)C[C@H]2[C@@H]3CCC4=CC(=O)C=C[C@]4(C)[C@H]3CC[C@]2(C)[C@H]1C(C)=O. The van der Waals surface area contributed by atoms with Crippen LogP contribution in [-0.2, 0) is 28.7 Å². The Hall–Kier alpha value is -2.24. The maximum Gasteiger partial charge on any atom is 0.309 e. The minimum Gasteiger partial charge on any atom is -0.422 e. The van der Waals surface area contributed by atoms with Crippen LogP contribution in [0.5, 0.6) is 0 Å². The largest absolute Gasteiger partial charge is 0.422 e. The first-order chi connectivity index (χ1) is 16.5. The molecule has 4 aliphatic carbocycles. The third-order valence-corrected chi connectivity index (χ3v) is 9.49. The van der Waals surface area contributed by atoms with Crippen molar-refractivity contribution in [1.29, 1.82) is 0 Å². The summed E-state index contributed by atoms with van der Waals surface area (Å²) in [6.07, 6.45) is 11.1. The fourth-order valence-corrected chi connectivity index (χ4v) is 8.11. The van der Waals surface area contributed by atoms with E-state index in [1.165, 1.54) is 5.57 Å². The topological polar surface area (TPSA) is 86.7 Å². The molecular weight excluding hydrogens is 444 g/mol. The summed E-state index contributed by atoms with van der Waals surface area (Å²) in [6.45, 7) is 9.70. The van der Waals surface area contributed by atoms with Crippen LogP contribution in [0.4, 0.5) is 0 Å². The van der Waals surface area contributed by atoms with E-state index in [-0.39, 0.29) is 41.7 Å². The van der Waals surface area contributed by atoms with E-state index in [0.717, 1.165) is 25.7 Å². The van der Waals surface area contributed by atoms with E-state index in [0.29, 0.717) is 25.2 Å². The summed E-state index contributed by atoms with van der Waals surface area (Å²) in [5, 5.41) is 0. The van der Waals surface area contributed by atoms with E-state index in [2.05, 4.69) is 19.9 Å². The summed E-state index contributed by atoms with van der Waals surface area (Å²) in [5.74, 6) is -2.43. The maximum atomic E-state index is 13.2. The Balaban J connectivity index is 1.75. The van der Waals surface area contributed by atoms with Gasteiger partial charge in [0, 0.05) is 24.7 Å². The van der Waals surface area contributed by atoms with Gasteiger partial charge in [-0.1, -0.05) is 39.3 Å². The third kappa shape index (κ3) is 4.21. The average molecular weight is 485 g/mol. The smallest absolute Gasteiger partial charge is 0.309 e. The Labute approximate surface area is 208 Å². The van der Waals surface area contributed by atoms with Gasteiger partial charge >= 0.3 is 11.9 Å². The zero-order valence-electron chi connectivity index (χ0n) is 21.9. The van der Waals surface area contributed by atoms with E-state index >= 15 is 0 Å². The number of fused-ring (bicyclic) bond motifs is 5. The number of hydrogen-bond acceptors (Lipinski definition) is 6. The average Bonchev–Trinajstić information content (AvgIpc) is 3.02. The molecule has 0 aromatic carbocycles. The number of hydrogen-bond donors (Lipinski definition) is 0. The lowest BCUT2D eigenvalue weighted by Gasteiger charge is -2.56. The maximum absolute atomic E-state index is 13.2. The molecule has 0 aliphatic heterocycles. The van der Waals surface area contributed by atoms with Crippen molar-refractivity contribution in [2.24, 2.45) is 34.5 Å². The zero-order valence-corrected chi connectivity index (χ0v) is 21.9. The summed E-state index contributed by atoms with van der Waals surface area (Å²) in [7, 11) is 0. The molecule has 0 bridgehead atoms. The molecule has 35 heavy (non-hydrogen) atoms. The molecule has 0 radical (unpaired) electrons. The molecule has 0 aromatic heterocycles. The second-order valence-corrected chi connectivity index (χ2v) is 11.7. The van der Waals surface area contributed by atoms with Crippen molar-refractivity contribution in [3.8, 4) is 0 Å². The lowest BCUT2D eigenvalue weighted by molar-refractivity contribution is -0.244. The summed E-state index contributed by atoms with van der Waals surface area (Å²) < 4.78 is 12.1. The highest BCUT2D eigenvalue weighted by atomic mass is 16.7. The van der Waals surface area contributed by atoms with Crippen LogP contribution in [-0.4, -0.2) is 29.3 Å². The van der Waals surface area contributed by atoms with E-state index in [1.807, 2.05) is 13.8 Å². The van der Waals surface area contributed by atoms with Gasteiger partial charge in [-0.2, -0.15) is 0 Å². The molecule has 0 unspecified atom stereocenters. The van der Waals surface area contributed by atoms with Gasteiger partial charge in [-0.3, -0.25) is 19.2 Å². The predicted molar refractivity (Wildman–Crippen MR) is 131 cm³/mol. The molecule has 0 amide bonds. The van der Waals surface area contributed by atoms with Crippen LogP contribution >= 0.6 is 0 Å². The van der Waals surface area contributed by atoms with Gasteiger partial charge in [0.1, 0.15) is 11.7 Å². The van der Waals surface area contributed by atoms with Gasteiger partial charge in [0.2, 0.25) is 0 Å². The van der Waals surface area contributed by atoms with Crippen LogP contribution in [0, 0.1) is 34.5 Å². The van der Waals surface area contributed by atoms with Crippen LogP contribution < -0.4 is 0 Å². The molecule has 4 rings (SSSR count). The number of ether oxygens (including phenoxy) is 2. The normalized spacial score (nSPS) is 36.9. The van der Waals surface area contributed by atoms with Gasteiger partial charge < -0.3 is 9.47 Å². The lowest BCUT2D eigenvalue weighted by atomic mass is 9.47. The Morgan fingerprint density at radius 3 is 2.20 bits per heavy atom. The van der Waals surface area contributed by atoms with Crippen molar-refractivity contribution in [3.05, 3.63) is 23.8 Å². The van der Waals surface area contributed by atoms with Crippen molar-refractivity contribution in [3.63, 3.8) is 0 Å². The first kappa shape index (κ1) is 25.8. The van der Waals surface area contributed by atoms with Crippen molar-refractivity contribution < 1.29 is 28.7 Å². The number of allylic oxidation sites excluding steroid dienone is 4. The van der Waals surface area contributed by atoms with Crippen molar-refractivity contribution in [1.82, 2.24) is 0 Å². The summed E-state index contributed by atoms with van der Waals surface area (Å²) in [4.78, 5) is 50.9. The Kier molecular flexibility index (Phi) is 6.89. The minimum absolute atomic E-state index is 0.0544. The first-order valence-corrected chi connectivity index (χ1v) is 13.4. The predicted octanol–water partition coefficient (Wildman–Crippen LogP) is 5.49. The van der Waals surface area contributed by atoms with Crippen LogP contribution in [0.3, 0.4) is 0 Å². The van der Waals surface area contributed by atoms with Gasteiger partial charge in [-0.25, -0.2) is 0 Å². The number of ketones is 2. The lowest BCUT2D eigenvalue weighted by Crippen LogP contribution is -2.52. The third-order valence-electron chi connectivity index (χ3n) is 9.49.